The van der Waals surface area contributed by atoms with Gasteiger partial charge in [-0.1, -0.05) is 65.4 Å². The van der Waals surface area contributed by atoms with Gasteiger partial charge in [0.2, 0.25) is 5.91 Å². The van der Waals surface area contributed by atoms with Crippen LogP contribution in [-0.4, -0.2) is 46.4 Å². The maximum absolute atomic E-state index is 15.9. The van der Waals surface area contributed by atoms with Gasteiger partial charge < -0.3 is 15.1 Å². The summed E-state index contributed by atoms with van der Waals surface area (Å²) in [4.78, 5) is 14.5. The first-order valence-electron chi connectivity index (χ1n) is 15.7. The summed E-state index contributed by atoms with van der Waals surface area (Å²) in [5.41, 5.74) is 1.90. The van der Waals surface area contributed by atoms with Crippen LogP contribution < -0.4 is 0 Å². The quantitative estimate of drug-likeness (QED) is 0.259. The molecule has 0 radical (unpaired) electrons. The number of phenols is 1. The van der Waals surface area contributed by atoms with Crippen molar-refractivity contribution in [3.63, 3.8) is 0 Å². The van der Waals surface area contributed by atoms with Gasteiger partial charge in [0.1, 0.15) is 11.9 Å². The molecule has 1 amide bonds. The second-order valence-electron chi connectivity index (χ2n) is 12.9. The fourth-order valence-electron chi connectivity index (χ4n) is 8.41. The molecule has 2 fully saturated rings. The summed E-state index contributed by atoms with van der Waals surface area (Å²) in [5.74, 6) is 1.44. The number of carbonyl (C=O) groups is 1. The number of unbranched alkanes of at least 4 members (excludes halogenated alkanes) is 6. The molecule has 3 aliphatic carbocycles. The van der Waals surface area contributed by atoms with Crippen LogP contribution >= 0.6 is 0 Å². The Bertz CT molecular complexity index is 922. The molecule has 0 saturated heterocycles. The third-order valence-corrected chi connectivity index (χ3v) is 10.5. The molecule has 1 aromatic rings. The molecule has 4 rings (SSSR count). The zero-order valence-electron chi connectivity index (χ0n) is 24.1. The molecule has 0 bridgehead atoms. The van der Waals surface area contributed by atoms with Gasteiger partial charge in [0, 0.05) is 25.4 Å². The smallest absolute Gasteiger partial charge is 0.222 e. The molecule has 38 heavy (non-hydrogen) atoms. The number of aliphatic hydroxyl groups excluding tert-OH is 1. The van der Waals surface area contributed by atoms with E-state index in [-0.39, 0.29) is 28.9 Å². The van der Waals surface area contributed by atoms with Crippen molar-refractivity contribution in [1.29, 1.82) is 0 Å². The highest BCUT2D eigenvalue weighted by atomic mass is 19.1. The third kappa shape index (κ3) is 6.24. The number of halogens is 1. The Balaban J connectivity index is 1.35. The summed E-state index contributed by atoms with van der Waals surface area (Å²) in [7, 11) is 0. The number of rotatable bonds is 13. The second-order valence-corrected chi connectivity index (χ2v) is 12.9. The predicted octanol–water partition coefficient (Wildman–Crippen LogP) is 7.55. The molecule has 0 heterocycles. The number of nitrogens with zero attached hydrogens (tertiary/aromatic N) is 1. The maximum atomic E-state index is 15.9. The van der Waals surface area contributed by atoms with Gasteiger partial charge in [-0.05, 0) is 91.4 Å². The van der Waals surface area contributed by atoms with Crippen LogP contribution in [0.4, 0.5) is 4.39 Å². The molecule has 1 aromatic carbocycles. The monoisotopic (exact) mass is 529 g/mol. The Morgan fingerprint density at radius 2 is 1.76 bits per heavy atom. The largest absolute Gasteiger partial charge is 0.508 e. The van der Waals surface area contributed by atoms with Crippen LogP contribution in [0.3, 0.4) is 0 Å². The summed E-state index contributed by atoms with van der Waals surface area (Å²) < 4.78 is 15.9. The van der Waals surface area contributed by atoms with Gasteiger partial charge in [-0.2, -0.15) is 0 Å². The minimum Gasteiger partial charge on any atom is -0.508 e. The number of hydrogen-bond acceptors (Lipinski definition) is 3. The first kappa shape index (κ1) is 29.4. The SMILES string of the molecule is CCCCCCN(CCCCCC[C@@H]1Cc2cc(O)ccc2C2C1C1CC[C@H](O)[C@@]1(C)C[C@@H]2F)C(=O)CC. The number of fused-ring (bicyclic) bond motifs is 5. The molecule has 2 saturated carbocycles. The number of aromatic hydroxyl groups is 1. The van der Waals surface area contributed by atoms with E-state index in [2.05, 4.69) is 18.7 Å². The summed E-state index contributed by atoms with van der Waals surface area (Å²) in [5, 5.41) is 21.0. The number of alkyl halides is 1. The topological polar surface area (TPSA) is 60.8 Å². The van der Waals surface area contributed by atoms with Gasteiger partial charge in [-0.25, -0.2) is 4.39 Å². The van der Waals surface area contributed by atoms with Gasteiger partial charge in [-0.3, -0.25) is 4.79 Å². The summed E-state index contributed by atoms with van der Waals surface area (Å²) in [6, 6.07) is 5.55. The van der Waals surface area contributed by atoms with Crippen molar-refractivity contribution in [1.82, 2.24) is 4.90 Å². The number of phenolic OH excluding ortho intramolecular Hbond substituents is 1. The zero-order chi connectivity index (χ0) is 27.3. The molecule has 0 aliphatic heterocycles. The lowest BCUT2D eigenvalue weighted by molar-refractivity contribution is -0.131. The average molecular weight is 530 g/mol. The summed E-state index contributed by atoms with van der Waals surface area (Å²) in [6.45, 7) is 8.05. The van der Waals surface area contributed by atoms with Crippen molar-refractivity contribution in [3.8, 4) is 5.75 Å². The van der Waals surface area contributed by atoms with E-state index in [1.807, 2.05) is 19.1 Å². The van der Waals surface area contributed by atoms with Gasteiger partial charge in [0.25, 0.3) is 0 Å². The van der Waals surface area contributed by atoms with Crippen LogP contribution in [0.1, 0.15) is 121 Å². The van der Waals surface area contributed by atoms with Gasteiger partial charge in [0.15, 0.2) is 0 Å². The van der Waals surface area contributed by atoms with E-state index in [1.54, 1.807) is 6.07 Å². The Morgan fingerprint density at radius 3 is 2.47 bits per heavy atom. The minimum atomic E-state index is -0.945. The molecule has 3 aliphatic rings. The van der Waals surface area contributed by atoms with E-state index < -0.39 is 12.3 Å². The van der Waals surface area contributed by atoms with E-state index in [1.165, 1.54) is 19.3 Å². The fraction of sp³-hybridized carbons (Fsp3) is 0.788. The number of hydrogen-bond donors (Lipinski definition) is 2. The lowest BCUT2D eigenvalue weighted by Crippen LogP contribution is -2.51. The standard InChI is InChI=1S/C33H52FNO3/c1-4-6-7-11-18-35(30(38)5-2)19-12-9-8-10-13-23-20-24-21-25(36)14-15-26(24)32-28(34)22-33(3)27(31(23)32)16-17-29(33)37/h14-15,21,23,27-29,31-32,36-37H,4-13,16-20,22H2,1-3H3/t23-,27?,28+,29+,31?,32?,33+/m1/s1. The molecule has 5 heteroatoms. The first-order valence-corrected chi connectivity index (χ1v) is 15.7. The minimum absolute atomic E-state index is 0.117. The van der Waals surface area contributed by atoms with Crippen molar-refractivity contribution < 1.29 is 19.4 Å². The average Bonchev–Trinajstić information content (AvgIpc) is 3.19. The third-order valence-electron chi connectivity index (χ3n) is 10.5. The number of benzene rings is 1. The first-order chi connectivity index (χ1) is 18.3. The molecule has 4 nitrogen and oxygen atoms in total. The zero-order valence-corrected chi connectivity index (χ0v) is 24.1. The van der Waals surface area contributed by atoms with Crippen LogP contribution in [0.5, 0.6) is 5.75 Å². The van der Waals surface area contributed by atoms with Crippen molar-refractivity contribution in [2.24, 2.45) is 23.2 Å². The van der Waals surface area contributed by atoms with Crippen LogP contribution in [-0.2, 0) is 11.2 Å². The van der Waals surface area contributed by atoms with Crippen molar-refractivity contribution in [2.45, 2.75) is 129 Å². The molecule has 3 unspecified atom stereocenters. The van der Waals surface area contributed by atoms with Crippen LogP contribution in [0.15, 0.2) is 18.2 Å². The van der Waals surface area contributed by atoms with Crippen molar-refractivity contribution in [3.05, 3.63) is 29.3 Å². The highest BCUT2D eigenvalue weighted by molar-refractivity contribution is 5.75. The Labute approximate surface area is 230 Å². The maximum Gasteiger partial charge on any atom is 0.222 e. The normalized spacial score (nSPS) is 31.9. The molecule has 214 valence electrons. The highest BCUT2D eigenvalue weighted by Crippen LogP contribution is 2.63. The molecule has 0 spiro atoms. The van der Waals surface area contributed by atoms with E-state index in [9.17, 15) is 15.0 Å². The molecule has 0 aromatic heterocycles. The van der Waals surface area contributed by atoms with Gasteiger partial charge in [-0.15, -0.1) is 0 Å². The van der Waals surface area contributed by atoms with Crippen molar-refractivity contribution >= 4 is 5.91 Å². The fourth-order valence-corrected chi connectivity index (χ4v) is 8.41. The van der Waals surface area contributed by atoms with Gasteiger partial charge >= 0.3 is 0 Å². The van der Waals surface area contributed by atoms with E-state index >= 15 is 4.39 Å². The predicted molar refractivity (Wildman–Crippen MR) is 152 cm³/mol. The Kier molecular flexibility index (Phi) is 10.2. The summed E-state index contributed by atoms with van der Waals surface area (Å²) in [6.07, 6.45) is 12.6. The molecule has 7 atom stereocenters. The lowest BCUT2D eigenvalue weighted by atomic mass is 9.51. The van der Waals surface area contributed by atoms with Gasteiger partial charge in [0.05, 0.1) is 6.10 Å². The van der Waals surface area contributed by atoms with Crippen LogP contribution in [0.2, 0.25) is 0 Å². The molecular weight excluding hydrogens is 477 g/mol. The molecule has 2 N–H and O–H groups in total. The number of amides is 1. The van der Waals surface area contributed by atoms with E-state index in [4.69, 9.17) is 0 Å². The number of aliphatic hydroxyl groups is 1. The van der Waals surface area contributed by atoms with Crippen molar-refractivity contribution in [2.75, 3.05) is 13.1 Å². The van der Waals surface area contributed by atoms with Crippen LogP contribution in [0, 0.1) is 23.2 Å². The summed E-state index contributed by atoms with van der Waals surface area (Å²) >= 11 is 0. The van der Waals surface area contributed by atoms with E-state index in [0.717, 1.165) is 82.0 Å². The van der Waals surface area contributed by atoms with Crippen LogP contribution in [0.25, 0.3) is 0 Å². The van der Waals surface area contributed by atoms with E-state index in [0.29, 0.717) is 24.7 Å². The second kappa shape index (κ2) is 13.2. The number of carbonyl (C=O) groups excluding carboxylic acids is 1. The Morgan fingerprint density at radius 1 is 1.05 bits per heavy atom. The Hall–Kier alpha value is -1.62. The molecular formula is C33H52FNO3. The highest BCUT2D eigenvalue weighted by Gasteiger charge is 2.59. The lowest BCUT2D eigenvalue weighted by Gasteiger charge is -2.54.